The van der Waals surface area contributed by atoms with E-state index >= 15 is 0 Å². The van der Waals surface area contributed by atoms with Gasteiger partial charge in [0.15, 0.2) is 0 Å². The first-order chi connectivity index (χ1) is 11.2. The fraction of sp³-hybridized carbons (Fsp3) is 0.438. The van der Waals surface area contributed by atoms with Crippen molar-refractivity contribution in [3.8, 4) is 5.75 Å². The van der Waals surface area contributed by atoms with Crippen LogP contribution in [-0.2, 0) is 11.2 Å². The largest absolute Gasteiger partial charge is 0.491 e. The summed E-state index contributed by atoms with van der Waals surface area (Å²) in [7, 11) is 0. The van der Waals surface area contributed by atoms with E-state index in [1.807, 2.05) is 13.0 Å². The summed E-state index contributed by atoms with van der Waals surface area (Å²) in [4.78, 5) is 12.3. The third-order valence-electron chi connectivity index (χ3n) is 3.55. The van der Waals surface area contributed by atoms with Crippen LogP contribution in [0.25, 0.3) is 0 Å². The highest BCUT2D eigenvalue weighted by Gasteiger charge is 2.16. The van der Waals surface area contributed by atoms with Crippen LogP contribution in [0.3, 0.4) is 0 Å². The van der Waals surface area contributed by atoms with Crippen molar-refractivity contribution in [1.29, 1.82) is 0 Å². The number of nitrogens with zero attached hydrogens (tertiary/aromatic N) is 2. The second-order valence-electron chi connectivity index (χ2n) is 5.28. The van der Waals surface area contributed by atoms with E-state index in [0.717, 1.165) is 30.9 Å². The highest BCUT2D eigenvalue weighted by Crippen LogP contribution is 2.19. The fourth-order valence-corrected chi connectivity index (χ4v) is 2.98. The molecule has 1 aromatic heterocycles. The van der Waals surface area contributed by atoms with E-state index < -0.39 is 0 Å². The van der Waals surface area contributed by atoms with Gasteiger partial charge in [-0.25, -0.2) is 0 Å². The van der Waals surface area contributed by atoms with E-state index in [1.165, 1.54) is 11.3 Å². The molecule has 1 aliphatic heterocycles. The molecule has 2 aromatic rings. The first-order valence-electron chi connectivity index (χ1n) is 7.73. The summed E-state index contributed by atoms with van der Waals surface area (Å²) in [6.45, 7) is 3.32. The lowest BCUT2D eigenvalue weighted by molar-refractivity contribution is 0.0679. The minimum absolute atomic E-state index is 0.154. The molecular weight excluding hydrogens is 314 g/mol. The summed E-state index contributed by atoms with van der Waals surface area (Å²) in [5.74, 6) is 0.450. The zero-order chi connectivity index (χ0) is 16.1. The van der Waals surface area contributed by atoms with Crippen LogP contribution in [0.15, 0.2) is 24.3 Å². The zero-order valence-electron chi connectivity index (χ0n) is 12.9. The van der Waals surface area contributed by atoms with Gasteiger partial charge >= 0.3 is 0 Å². The summed E-state index contributed by atoms with van der Waals surface area (Å²) in [6, 6.07) is 7.12. The van der Waals surface area contributed by atoms with E-state index in [9.17, 15) is 4.79 Å². The number of aryl methyl sites for hydroxylation is 1. The molecule has 1 amide bonds. The number of nitrogens with one attached hydrogen (secondary N) is 1. The van der Waals surface area contributed by atoms with Crippen LogP contribution in [0.1, 0.15) is 35.1 Å². The number of hydrogen-bond donors (Lipinski definition) is 1. The summed E-state index contributed by atoms with van der Waals surface area (Å²) in [6.07, 6.45) is 3.07. The van der Waals surface area contributed by atoms with Crippen molar-refractivity contribution < 1.29 is 14.3 Å². The summed E-state index contributed by atoms with van der Waals surface area (Å²) >= 11 is 1.39. The van der Waals surface area contributed by atoms with Crippen molar-refractivity contribution in [3.63, 3.8) is 0 Å². The van der Waals surface area contributed by atoms with Gasteiger partial charge in [0.25, 0.3) is 5.91 Å². The van der Waals surface area contributed by atoms with E-state index in [0.29, 0.717) is 23.1 Å². The quantitative estimate of drug-likeness (QED) is 0.880. The van der Waals surface area contributed by atoms with Gasteiger partial charge in [-0.2, -0.15) is 0 Å². The van der Waals surface area contributed by atoms with Gasteiger partial charge in [0.05, 0.1) is 6.10 Å². The Labute approximate surface area is 138 Å². The monoisotopic (exact) mass is 333 g/mol. The lowest BCUT2D eigenvalue weighted by Gasteiger charge is -2.12. The Bertz CT molecular complexity index is 668. The van der Waals surface area contributed by atoms with Gasteiger partial charge in [0.2, 0.25) is 5.13 Å². The van der Waals surface area contributed by atoms with Gasteiger partial charge < -0.3 is 9.47 Å². The number of benzene rings is 1. The molecule has 7 heteroatoms. The molecule has 1 aliphatic rings. The second kappa shape index (κ2) is 7.52. The van der Waals surface area contributed by atoms with Crippen LogP contribution in [0.2, 0.25) is 0 Å². The third-order valence-corrected chi connectivity index (χ3v) is 4.53. The third kappa shape index (κ3) is 4.27. The summed E-state index contributed by atoms with van der Waals surface area (Å²) in [5, 5.41) is 12.1. The second-order valence-corrected chi connectivity index (χ2v) is 6.34. The van der Waals surface area contributed by atoms with Crippen molar-refractivity contribution in [3.05, 3.63) is 34.8 Å². The molecule has 0 saturated carbocycles. The normalized spacial score (nSPS) is 17.2. The Kier molecular flexibility index (Phi) is 5.19. The standard InChI is InChI=1S/C16H19N3O3S/c1-2-14-18-19-16(23-14)17-15(20)11-5-3-6-12(9-11)22-10-13-7-4-8-21-13/h3,5-6,9,13H,2,4,7-8,10H2,1H3,(H,17,19,20). The van der Waals surface area contributed by atoms with Crippen LogP contribution in [-0.4, -0.2) is 35.4 Å². The van der Waals surface area contributed by atoms with Crippen LogP contribution in [0.4, 0.5) is 5.13 Å². The Hall–Kier alpha value is -1.99. The van der Waals surface area contributed by atoms with Crippen LogP contribution in [0.5, 0.6) is 5.75 Å². The Morgan fingerprint density at radius 2 is 2.39 bits per heavy atom. The Morgan fingerprint density at radius 1 is 1.48 bits per heavy atom. The van der Waals surface area contributed by atoms with Gasteiger partial charge in [0, 0.05) is 12.2 Å². The molecule has 1 unspecified atom stereocenters. The minimum Gasteiger partial charge on any atom is -0.491 e. The Balaban J connectivity index is 1.60. The molecule has 1 N–H and O–H groups in total. The van der Waals surface area contributed by atoms with E-state index in [2.05, 4.69) is 15.5 Å². The predicted molar refractivity (Wildman–Crippen MR) is 88.2 cm³/mol. The highest BCUT2D eigenvalue weighted by atomic mass is 32.1. The molecular formula is C16H19N3O3S. The maximum atomic E-state index is 12.3. The average Bonchev–Trinajstić information content (AvgIpc) is 3.24. The van der Waals surface area contributed by atoms with E-state index in [4.69, 9.17) is 9.47 Å². The number of anilines is 1. The average molecular weight is 333 g/mol. The number of carbonyl (C=O) groups excluding carboxylic acids is 1. The van der Waals surface area contributed by atoms with Gasteiger partial charge in [-0.05, 0) is 37.5 Å². The number of aromatic nitrogens is 2. The molecule has 1 aromatic carbocycles. The molecule has 23 heavy (non-hydrogen) atoms. The predicted octanol–water partition coefficient (Wildman–Crippen LogP) is 2.91. The molecule has 1 atom stereocenters. The van der Waals surface area contributed by atoms with Crippen molar-refractivity contribution in [1.82, 2.24) is 10.2 Å². The molecule has 2 heterocycles. The topological polar surface area (TPSA) is 73.3 Å². The van der Waals surface area contributed by atoms with Crippen LogP contribution in [0, 0.1) is 0 Å². The maximum Gasteiger partial charge on any atom is 0.257 e. The summed E-state index contributed by atoms with van der Waals surface area (Å²) in [5.41, 5.74) is 0.531. The molecule has 0 aliphatic carbocycles. The molecule has 0 radical (unpaired) electrons. The molecule has 0 bridgehead atoms. The van der Waals surface area contributed by atoms with Gasteiger partial charge in [-0.1, -0.05) is 24.3 Å². The van der Waals surface area contributed by atoms with Gasteiger partial charge in [-0.3, -0.25) is 10.1 Å². The molecule has 1 saturated heterocycles. The first kappa shape index (κ1) is 15.9. The lowest BCUT2D eigenvalue weighted by Crippen LogP contribution is -2.17. The molecule has 122 valence electrons. The van der Waals surface area contributed by atoms with Crippen molar-refractivity contribution in [2.45, 2.75) is 32.3 Å². The van der Waals surface area contributed by atoms with Crippen LogP contribution < -0.4 is 10.1 Å². The Morgan fingerprint density at radius 3 is 3.13 bits per heavy atom. The van der Waals surface area contributed by atoms with Gasteiger partial charge in [0.1, 0.15) is 17.4 Å². The van der Waals surface area contributed by atoms with Crippen molar-refractivity contribution in [2.75, 3.05) is 18.5 Å². The number of carbonyl (C=O) groups is 1. The highest BCUT2D eigenvalue weighted by molar-refractivity contribution is 7.15. The fourth-order valence-electron chi connectivity index (χ4n) is 2.31. The smallest absolute Gasteiger partial charge is 0.257 e. The first-order valence-corrected chi connectivity index (χ1v) is 8.54. The number of amides is 1. The SMILES string of the molecule is CCc1nnc(NC(=O)c2cccc(OCC3CCCO3)c2)s1. The molecule has 0 spiro atoms. The number of hydrogen-bond acceptors (Lipinski definition) is 6. The van der Waals surface area contributed by atoms with E-state index in [1.54, 1.807) is 18.2 Å². The van der Waals surface area contributed by atoms with Crippen molar-refractivity contribution >= 4 is 22.4 Å². The van der Waals surface area contributed by atoms with Gasteiger partial charge in [-0.15, -0.1) is 10.2 Å². The van der Waals surface area contributed by atoms with Crippen molar-refractivity contribution in [2.24, 2.45) is 0 Å². The number of ether oxygens (including phenoxy) is 2. The van der Waals surface area contributed by atoms with E-state index in [-0.39, 0.29) is 12.0 Å². The molecule has 3 rings (SSSR count). The van der Waals surface area contributed by atoms with Crippen LogP contribution >= 0.6 is 11.3 Å². The maximum absolute atomic E-state index is 12.3. The lowest BCUT2D eigenvalue weighted by atomic mass is 10.2. The number of rotatable bonds is 6. The minimum atomic E-state index is -0.216. The molecule has 1 fully saturated rings. The molecule has 6 nitrogen and oxygen atoms in total. The summed E-state index contributed by atoms with van der Waals surface area (Å²) < 4.78 is 11.2. The zero-order valence-corrected chi connectivity index (χ0v) is 13.8.